The highest BCUT2D eigenvalue weighted by molar-refractivity contribution is 7.89. The van der Waals surface area contributed by atoms with Gasteiger partial charge in [-0.25, -0.2) is 13.1 Å². The molecule has 2 N–H and O–H groups in total. The standard InChI is InChI=1S/C9H12N2O2S/c1-10-14(12,13)9-3-2-7-5-11-6-8(7)4-9/h2-4,10-11H,5-6H2,1H3. The molecule has 0 aliphatic carbocycles. The summed E-state index contributed by atoms with van der Waals surface area (Å²) in [6, 6.07) is 5.22. The van der Waals surface area contributed by atoms with E-state index in [1.807, 2.05) is 6.07 Å². The maximum atomic E-state index is 11.5. The van der Waals surface area contributed by atoms with E-state index in [0.29, 0.717) is 4.90 Å². The number of hydrogen-bond donors (Lipinski definition) is 2. The van der Waals surface area contributed by atoms with Gasteiger partial charge in [-0.15, -0.1) is 0 Å². The van der Waals surface area contributed by atoms with Gasteiger partial charge in [0.2, 0.25) is 10.0 Å². The quantitative estimate of drug-likeness (QED) is 0.736. The van der Waals surface area contributed by atoms with Crippen LogP contribution in [0.2, 0.25) is 0 Å². The Morgan fingerprint density at radius 3 is 2.71 bits per heavy atom. The molecule has 1 heterocycles. The van der Waals surface area contributed by atoms with Crippen molar-refractivity contribution in [2.24, 2.45) is 0 Å². The summed E-state index contributed by atoms with van der Waals surface area (Å²) in [5.74, 6) is 0. The van der Waals surface area contributed by atoms with Crippen molar-refractivity contribution in [3.63, 3.8) is 0 Å². The second-order valence-electron chi connectivity index (χ2n) is 3.24. The molecule has 2 rings (SSSR count). The molecule has 1 aromatic carbocycles. The topological polar surface area (TPSA) is 58.2 Å². The lowest BCUT2D eigenvalue weighted by Gasteiger charge is -2.04. The smallest absolute Gasteiger partial charge is 0.240 e. The van der Waals surface area contributed by atoms with Crippen LogP contribution in [0.15, 0.2) is 23.1 Å². The maximum absolute atomic E-state index is 11.5. The van der Waals surface area contributed by atoms with E-state index in [9.17, 15) is 8.42 Å². The first kappa shape index (κ1) is 9.64. The fourth-order valence-electron chi connectivity index (χ4n) is 1.56. The van der Waals surface area contributed by atoms with E-state index in [4.69, 9.17) is 0 Å². The minimum atomic E-state index is -3.30. The number of rotatable bonds is 2. The van der Waals surface area contributed by atoms with Crippen LogP contribution in [-0.2, 0) is 23.1 Å². The van der Waals surface area contributed by atoms with Crippen molar-refractivity contribution >= 4 is 10.0 Å². The number of fused-ring (bicyclic) bond motifs is 1. The Morgan fingerprint density at radius 1 is 1.29 bits per heavy atom. The van der Waals surface area contributed by atoms with E-state index in [1.54, 1.807) is 12.1 Å². The van der Waals surface area contributed by atoms with Gasteiger partial charge in [0.1, 0.15) is 0 Å². The van der Waals surface area contributed by atoms with Crippen molar-refractivity contribution in [1.29, 1.82) is 0 Å². The molecule has 1 aromatic rings. The molecule has 76 valence electrons. The van der Waals surface area contributed by atoms with Crippen LogP contribution in [-0.4, -0.2) is 15.5 Å². The average Bonchev–Trinajstić information content (AvgIpc) is 2.64. The summed E-state index contributed by atoms with van der Waals surface area (Å²) in [6.45, 7) is 1.58. The number of nitrogens with one attached hydrogen (secondary N) is 2. The maximum Gasteiger partial charge on any atom is 0.240 e. The number of hydrogen-bond acceptors (Lipinski definition) is 3. The zero-order valence-corrected chi connectivity index (χ0v) is 8.69. The molecular weight excluding hydrogens is 200 g/mol. The van der Waals surface area contributed by atoms with Crippen LogP contribution in [0, 0.1) is 0 Å². The van der Waals surface area contributed by atoms with Crippen LogP contribution in [0.3, 0.4) is 0 Å². The van der Waals surface area contributed by atoms with Gasteiger partial charge < -0.3 is 5.32 Å². The predicted molar refractivity (Wildman–Crippen MR) is 53.2 cm³/mol. The molecular formula is C9H12N2O2S. The molecule has 5 heteroatoms. The molecule has 0 atom stereocenters. The molecule has 4 nitrogen and oxygen atoms in total. The molecule has 0 radical (unpaired) electrons. The zero-order chi connectivity index (χ0) is 10.2. The summed E-state index contributed by atoms with van der Waals surface area (Å²) >= 11 is 0. The van der Waals surface area contributed by atoms with Crippen molar-refractivity contribution in [2.45, 2.75) is 18.0 Å². The Hall–Kier alpha value is -0.910. The average molecular weight is 212 g/mol. The van der Waals surface area contributed by atoms with Crippen LogP contribution >= 0.6 is 0 Å². The SMILES string of the molecule is CNS(=O)(=O)c1ccc2c(c1)CNC2. The Balaban J connectivity index is 2.48. The summed E-state index contributed by atoms with van der Waals surface area (Å²) in [7, 11) is -1.88. The van der Waals surface area contributed by atoms with Gasteiger partial charge in [0, 0.05) is 13.1 Å². The number of sulfonamides is 1. The van der Waals surface area contributed by atoms with E-state index in [0.717, 1.165) is 18.7 Å². The largest absolute Gasteiger partial charge is 0.309 e. The normalized spacial score (nSPS) is 15.5. The van der Waals surface area contributed by atoms with Gasteiger partial charge in [0.25, 0.3) is 0 Å². The van der Waals surface area contributed by atoms with Crippen LogP contribution < -0.4 is 10.0 Å². The van der Waals surface area contributed by atoms with Gasteiger partial charge in [-0.05, 0) is 30.3 Å². The first-order chi connectivity index (χ1) is 6.63. The highest BCUT2D eigenvalue weighted by Crippen LogP contribution is 2.19. The first-order valence-electron chi connectivity index (χ1n) is 4.39. The van der Waals surface area contributed by atoms with E-state index in [1.165, 1.54) is 12.6 Å². The Morgan fingerprint density at radius 2 is 2.00 bits per heavy atom. The third kappa shape index (κ3) is 1.54. The van der Waals surface area contributed by atoms with Gasteiger partial charge in [-0.3, -0.25) is 0 Å². The van der Waals surface area contributed by atoms with E-state index < -0.39 is 10.0 Å². The van der Waals surface area contributed by atoms with Crippen molar-refractivity contribution in [3.8, 4) is 0 Å². The van der Waals surface area contributed by atoms with Crippen molar-refractivity contribution in [3.05, 3.63) is 29.3 Å². The molecule has 0 fully saturated rings. The van der Waals surface area contributed by atoms with E-state index >= 15 is 0 Å². The van der Waals surface area contributed by atoms with Gasteiger partial charge >= 0.3 is 0 Å². The molecule has 0 bridgehead atoms. The first-order valence-corrected chi connectivity index (χ1v) is 5.88. The van der Waals surface area contributed by atoms with E-state index in [-0.39, 0.29) is 0 Å². The Kier molecular flexibility index (Phi) is 2.30. The summed E-state index contributed by atoms with van der Waals surface area (Å²) in [4.78, 5) is 0.336. The summed E-state index contributed by atoms with van der Waals surface area (Å²) < 4.78 is 25.2. The predicted octanol–water partition coefficient (Wildman–Crippen LogP) is 0.198. The third-order valence-electron chi connectivity index (χ3n) is 2.39. The lowest BCUT2D eigenvalue weighted by molar-refractivity contribution is 0.588. The zero-order valence-electron chi connectivity index (χ0n) is 7.87. The fourth-order valence-corrected chi connectivity index (χ4v) is 2.34. The molecule has 0 unspecified atom stereocenters. The lowest BCUT2D eigenvalue weighted by Crippen LogP contribution is -2.18. The van der Waals surface area contributed by atoms with Crippen LogP contribution in [0.5, 0.6) is 0 Å². The van der Waals surface area contributed by atoms with Crippen molar-refractivity contribution < 1.29 is 8.42 Å². The monoisotopic (exact) mass is 212 g/mol. The van der Waals surface area contributed by atoms with E-state index in [2.05, 4.69) is 10.0 Å². The molecule has 0 amide bonds. The van der Waals surface area contributed by atoms with Gasteiger partial charge in [-0.1, -0.05) is 6.07 Å². The minimum absolute atomic E-state index is 0.336. The fraction of sp³-hybridized carbons (Fsp3) is 0.333. The van der Waals surface area contributed by atoms with Crippen LogP contribution in [0.25, 0.3) is 0 Å². The second kappa shape index (κ2) is 3.34. The molecule has 1 aliphatic rings. The van der Waals surface area contributed by atoms with Gasteiger partial charge in [0.05, 0.1) is 4.90 Å². The molecule has 0 aromatic heterocycles. The number of benzene rings is 1. The van der Waals surface area contributed by atoms with Gasteiger partial charge in [0.15, 0.2) is 0 Å². The minimum Gasteiger partial charge on any atom is -0.309 e. The molecule has 0 spiro atoms. The summed E-state index contributed by atoms with van der Waals surface area (Å²) in [5, 5.41) is 3.17. The highest BCUT2D eigenvalue weighted by atomic mass is 32.2. The lowest BCUT2D eigenvalue weighted by atomic mass is 10.1. The molecule has 1 aliphatic heterocycles. The molecule has 0 saturated carbocycles. The van der Waals surface area contributed by atoms with Crippen LogP contribution in [0.1, 0.15) is 11.1 Å². The van der Waals surface area contributed by atoms with Crippen LogP contribution in [0.4, 0.5) is 0 Å². The van der Waals surface area contributed by atoms with Gasteiger partial charge in [-0.2, -0.15) is 0 Å². The Labute approximate surface area is 83.4 Å². The summed E-state index contributed by atoms with van der Waals surface area (Å²) in [5.41, 5.74) is 2.25. The molecule has 14 heavy (non-hydrogen) atoms. The molecule has 0 saturated heterocycles. The third-order valence-corrected chi connectivity index (χ3v) is 3.80. The van der Waals surface area contributed by atoms with Crippen molar-refractivity contribution in [2.75, 3.05) is 7.05 Å². The van der Waals surface area contributed by atoms with Crippen molar-refractivity contribution in [1.82, 2.24) is 10.0 Å². The summed E-state index contributed by atoms with van der Waals surface area (Å²) in [6.07, 6.45) is 0. The highest BCUT2D eigenvalue weighted by Gasteiger charge is 2.16. The second-order valence-corrected chi connectivity index (χ2v) is 5.13. The Bertz CT molecular complexity index is 454.